The zero-order valence-corrected chi connectivity index (χ0v) is 22.1. The lowest BCUT2D eigenvalue weighted by Gasteiger charge is -2.32. The smallest absolute Gasteiger partial charge is 0.254 e. The van der Waals surface area contributed by atoms with Crippen LogP contribution in [0.1, 0.15) is 34.5 Å². The van der Waals surface area contributed by atoms with Crippen LogP contribution in [0.4, 0.5) is 16.0 Å². The van der Waals surface area contributed by atoms with Crippen LogP contribution in [0.15, 0.2) is 77.9 Å². The summed E-state index contributed by atoms with van der Waals surface area (Å²) in [6, 6.07) is 19.4. The van der Waals surface area contributed by atoms with E-state index in [9.17, 15) is 9.18 Å². The van der Waals surface area contributed by atoms with Crippen LogP contribution < -0.4 is 5.32 Å². The quantitative estimate of drug-likeness (QED) is 0.331. The number of aromatic nitrogens is 2. The van der Waals surface area contributed by atoms with Crippen LogP contribution in [0.25, 0.3) is 11.3 Å². The highest BCUT2D eigenvalue weighted by atomic mass is 35.5. The van der Waals surface area contributed by atoms with Gasteiger partial charge in [0.15, 0.2) is 0 Å². The third kappa shape index (κ3) is 5.46. The first-order valence-corrected chi connectivity index (χ1v) is 13.1. The average Bonchev–Trinajstić information content (AvgIpc) is 3.10. The molecule has 1 N–H and O–H groups in total. The molecule has 0 bridgehead atoms. The van der Waals surface area contributed by atoms with E-state index in [0.717, 1.165) is 24.2 Å². The van der Waals surface area contributed by atoms with E-state index in [0.29, 0.717) is 64.4 Å². The zero-order chi connectivity index (χ0) is 26.9. The Morgan fingerprint density at radius 2 is 1.75 bits per heavy atom. The molecule has 3 aromatic carbocycles. The van der Waals surface area contributed by atoms with Crippen LogP contribution in [0, 0.1) is 5.82 Å². The molecule has 40 heavy (non-hydrogen) atoms. The molecule has 2 aliphatic heterocycles. The second kappa shape index (κ2) is 11.5. The first-order chi connectivity index (χ1) is 19.0. The lowest BCUT2D eigenvalue weighted by molar-refractivity contribution is 0.0664. The molecule has 1 aromatic heterocycles. The molecule has 1 saturated heterocycles. The number of aliphatic imine (C=N–C) groups is 1. The van der Waals surface area contributed by atoms with Gasteiger partial charge in [-0.15, -0.1) is 0 Å². The highest BCUT2D eigenvalue weighted by Gasteiger charge is 2.24. The first kappa shape index (κ1) is 27.4. The van der Waals surface area contributed by atoms with Gasteiger partial charge in [-0.05, 0) is 49.5 Å². The Kier molecular flexibility index (Phi) is 7.91. The van der Waals surface area contributed by atoms with Crippen molar-refractivity contribution in [1.29, 1.82) is 0 Å². The minimum atomic E-state index is -0.354. The van der Waals surface area contributed by atoms with E-state index < -0.39 is 0 Å². The molecule has 0 atom stereocenters. The Morgan fingerprint density at radius 3 is 2.55 bits per heavy atom. The summed E-state index contributed by atoms with van der Waals surface area (Å²) in [5.74, 6) is 0.0407. The number of nitrogens with zero attached hydrogens (tertiary/aromatic N) is 5. The fourth-order valence-corrected chi connectivity index (χ4v) is 5.09. The van der Waals surface area contributed by atoms with E-state index in [1.807, 2.05) is 35.2 Å². The number of hydrogen-bond donors (Lipinski definition) is 1. The highest BCUT2D eigenvalue weighted by Crippen LogP contribution is 2.34. The van der Waals surface area contributed by atoms with Crippen molar-refractivity contribution < 1.29 is 9.18 Å². The normalized spacial score (nSPS) is 14.8. The molecule has 2 aliphatic rings. The molecular weight excluding hydrogens is 527 g/mol. The van der Waals surface area contributed by atoms with Crippen LogP contribution in [-0.4, -0.2) is 64.6 Å². The van der Waals surface area contributed by atoms with Crippen LogP contribution >= 0.6 is 11.6 Å². The standard InChI is InChI=1S/C30H26ClFN6O.CH4/c1-37-11-13-38(14-12-37)29(39)19-5-4-6-22(15-19)35-30-34-18-20-17-33-28(24-7-2-3-8-26(24)32)25-16-21(31)9-10-23(25)27(20)36-30;/h2-10,15-16,18H,11-14,17H2,1H3,(H,34,35,36);1H4. The van der Waals surface area contributed by atoms with E-state index in [1.54, 1.807) is 36.5 Å². The van der Waals surface area contributed by atoms with Crippen molar-refractivity contribution in [3.05, 3.63) is 106 Å². The summed E-state index contributed by atoms with van der Waals surface area (Å²) in [6.07, 6.45) is 1.73. The summed E-state index contributed by atoms with van der Waals surface area (Å²) in [5, 5.41) is 3.77. The third-order valence-corrected chi connectivity index (χ3v) is 7.28. The molecule has 0 saturated carbocycles. The number of anilines is 2. The van der Waals surface area contributed by atoms with Crippen LogP contribution in [0.3, 0.4) is 0 Å². The Hall–Kier alpha value is -4.14. The van der Waals surface area contributed by atoms with Crippen molar-refractivity contribution in [3.63, 3.8) is 0 Å². The third-order valence-electron chi connectivity index (χ3n) is 7.05. The summed E-state index contributed by atoms with van der Waals surface area (Å²) in [4.78, 5) is 31.3. The number of hydrogen-bond acceptors (Lipinski definition) is 6. The van der Waals surface area contributed by atoms with Crippen LogP contribution in [0.2, 0.25) is 5.02 Å². The van der Waals surface area contributed by atoms with Gasteiger partial charge in [-0.3, -0.25) is 9.79 Å². The fourth-order valence-electron chi connectivity index (χ4n) is 4.92. The van der Waals surface area contributed by atoms with Crippen molar-refractivity contribution in [2.24, 2.45) is 4.99 Å². The number of halogens is 2. The van der Waals surface area contributed by atoms with E-state index in [1.165, 1.54) is 6.07 Å². The van der Waals surface area contributed by atoms with Crippen LogP contribution in [0.5, 0.6) is 0 Å². The van der Waals surface area contributed by atoms with Gasteiger partial charge >= 0.3 is 0 Å². The number of carbonyl (C=O) groups excluding carboxylic acids is 1. The van der Waals surface area contributed by atoms with E-state index in [2.05, 4.69) is 22.2 Å². The van der Waals surface area contributed by atoms with Gasteiger partial charge in [-0.1, -0.05) is 43.3 Å². The number of piperazine rings is 1. The van der Waals surface area contributed by atoms with Gasteiger partial charge in [-0.2, -0.15) is 0 Å². The lowest BCUT2D eigenvalue weighted by Crippen LogP contribution is -2.47. The minimum absolute atomic E-state index is 0. The summed E-state index contributed by atoms with van der Waals surface area (Å²) < 4.78 is 14.8. The number of fused-ring (bicyclic) bond motifs is 3. The molecule has 3 heterocycles. The van der Waals surface area contributed by atoms with E-state index >= 15 is 0 Å². The monoisotopic (exact) mass is 556 g/mol. The summed E-state index contributed by atoms with van der Waals surface area (Å²) in [6.45, 7) is 3.44. The molecule has 0 aliphatic carbocycles. The Morgan fingerprint density at radius 1 is 0.950 bits per heavy atom. The molecule has 0 radical (unpaired) electrons. The van der Waals surface area contributed by atoms with Crippen molar-refractivity contribution in [3.8, 4) is 11.3 Å². The molecule has 9 heteroatoms. The van der Waals surface area contributed by atoms with Gasteiger partial charge in [-0.25, -0.2) is 14.4 Å². The summed E-state index contributed by atoms with van der Waals surface area (Å²) in [5.41, 5.74) is 5.25. The van der Waals surface area contributed by atoms with Gasteiger partial charge < -0.3 is 15.1 Å². The predicted molar refractivity (Wildman–Crippen MR) is 158 cm³/mol. The molecule has 1 fully saturated rings. The number of carbonyl (C=O) groups is 1. The van der Waals surface area contributed by atoms with Gasteiger partial charge in [0, 0.05) is 70.9 Å². The molecule has 204 valence electrons. The summed E-state index contributed by atoms with van der Waals surface area (Å²) >= 11 is 6.36. The molecule has 6 rings (SSSR count). The number of nitrogens with one attached hydrogen (secondary N) is 1. The van der Waals surface area contributed by atoms with Crippen molar-refractivity contribution >= 4 is 34.9 Å². The lowest BCUT2D eigenvalue weighted by atomic mass is 9.95. The van der Waals surface area contributed by atoms with E-state index in [-0.39, 0.29) is 19.2 Å². The molecule has 7 nitrogen and oxygen atoms in total. The van der Waals surface area contributed by atoms with Gasteiger partial charge in [0.25, 0.3) is 5.91 Å². The number of rotatable bonds is 4. The van der Waals surface area contributed by atoms with Crippen molar-refractivity contribution in [2.45, 2.75) is 14.0 Å². The summed E-state index contributed by atoms with van der Waals surface area (Å²) in [7, 11) is 2.06. The maximum absolute atomic E-state index is 14.8. The molecule has 0 unspecified atom stereocenters. The minimum Gasteiger partial charge on any atom is -0.336 e. The predicted octanol–water partition coefficient (Wildman–Crippen LogP) is 6.05. The molecule has 1 amide bonds. The molecule has 0 spiro atoms. The maximum atomic E-state index is 14.8. The number of benzene rings is 3. The Labute approximate surface area is 238 Å². The van der Waals surface area contributed by atoms with Gasteiger partial charge in [0.05, 0.1) is 18.0 Å². The first-order valence-electron chi connectivity index (χ1n) is 12.8. The topological polar surface area (TPSA) is 73.7 Å². The highest BCUT2D eigenvalue weighted by molar-refractivity contribution is 6.31. The SMILES string of the molecule is C.CN1CCN(C(=O)c2cccc(Nc3ncc4c(n3)-c3ccc(Cl)cc3C(c3ccccc3F)=NC4)c2)CC1. The van der Waals surface area contributed by atoms with Crippen molar-refractivity contribution in [2.75, 3.05) is 38.5 Å². The molecular formula is C31H30ClFN6O. The zero-order valence-electron chi connectivity index (χ0n) is 21.4. The number of amides is 1. The van der Waals surface area contributed by atoms with Gasteiger partial charge in [0.1, 0.15) is 5.82 Å². The van der Waals surface area contributed by atoms with Crippen LogP contribution in [-0.2, 0) is 6.54 Å². The Bertz CT molecular complexity index is 1600. The maximum Gasteiger partial charge on any atom is 0.254 e. The Balaban J connectivity index is 0.00000323. The second-order valence-corrected chi connectivity index (χ2v) is 10.1. The fraction of sp³-hybridized carbons (Fsp3) is 0.226. The average molecular weight is 557 g/mol. The van der Waals surface area contributed by atoms with Crippen molar-refractivity contribution in [1.82, 2.24) is 19.8 Å². The largest absolute Gasteiger partial charge is 0.336 e. The second-order valence-electron chi connectivity index (χ2n) is 9.70. The van der Waals surface area contributed by atoms with Gasteiger partial charge in [0.2, 0.25) is 5.95 Å². The van der Waals surface area contributed by atoms with E-state index in [4.69, 9.17) is 21.6 Å². The number of likely N-dealkylation sites (N-methyl/N-ethyl adjacent to an activating group) is 1. The molecule has 4 aromatic rings.